The Kier molecular flexibility index (Phi) is 6.59. The molecule has 2 nitrogen and oxygen atoms in total. The van der Waals surface area contributed by atoms with Crippen molar-refractivity contribution in [3.8, 4) is 39.2 Å². The van der Waals surface area contributed by atoms with E-state index in [0.717, 1.165) is 27.8 Å². The van der Waals surface area contributed by atoms with Crippen molar-refractivity contribution in [2.24, 2.45) is 0 Å². The highest BCUT2D eigenvalue weighted by Crippen LogP contribution is 2.40. The topological polar surface area (TPSA) is 17.8 Å². The van der Waals surface area contributed by atoms with Crippen molar-refractivity contribution in [1.82, 2.24) is 9.55 Å². The first-order valence-corrected chi connectivity index (χ1v) is 18.2. The minimum absolute atomic E-state index is 1.01. The van der Waals surface area contributed by atoms with Crippen LogP contribution in [0, 0.1) is 0 Å². The first-order valence-electron chi connectivity index (χ1n) is 18.2. The molecule has 0 aliphatic heterocycles. The summed E-state index contributed by atoms with van der Waals surface area (Å²) in [4.78, 5) is 5.23. The Bertz CT molecular complexity index is 3210. The maximum atomic E-state index is 5.23. The van der Waals surface area contributed by atoms with Crippen molar-refractivity contribution in [3.05, 3.63) is 194 Å². The molecule has 0 saturated heterocycles. The minimum Gasteiger partial charge on any atom is -0.309 e. The third kappa shape index (κ3) is 4.84. The molecule has 11 aromatic rings. The number of benzene rings is 9. The van der Waals surface area contributed by atoms with Crippen LogP contribution in [0.2, 0.25) is 0 Å². The molecule has 0 atom stereocenters. The van der Waals surface area contributed by atoms with E-state index >= 15 is 0 Å². The van der Waals surface area contributed by atoms with Crippen molar-refractivity contribution in [2.75, 3.05) is 0 Å². The largest absolute Gasteiger partial charge is 0.309 e. The second-order valence-electron chi connectivity index (χ2n) is 14.0. The van der Waals surface area contributed by atoms with Crippen LogP contribution < -0.4 is 0 Å². The predicted molar refractivity (Wildman–Crippen MR) is 225 cm³/mol. The van der Waals surface area contributed by atoms with Gasteiger partial charge in [-0.25, -0.2) is 4.98 Å². The molecule has 0 fully saturated rings. The molecule has 0 saturated carbocycles. The summed E-state index contributed by atoms with van der Waals surface area (Å²) in [6.45, 7) is 0. The maximum Gasteiger partial charge on any atom is 0.0788 e. The van der Waals surface area contributed by atoms with Gasteiger partial charge in [0.2, 0.25) is 0 Å². The summed E-state index contributed by atoms with van der Waals surface area (Å²) in [6, 6.07) is 70.5. The number of aromatic nitrogens is 2. The summed E-state index contributed by atoms with van der Waals surface area (Å²) in [5.74, 6) is 0. The van der Waals surface area contributed by atoms with Crippen molar-refractivity contribution in [3.63, 3.8) is 0 Å². The highest BCUT2D eigenvalue weighted by atomic mass is 15.0. The van der Waals surface area contributed by atoms with E-state index in [9.17, 15) is 0 Å². The first-order chi connectivity index (χ1) is 26.2. The summed E-state index contributed by atoms with van der Waals surface area (Å²) in [5, 5.41) is 11.0. The Hall–Kier alpha value is -7.03. The van der Waals surface area contributed by atoms with Crippen molar-refractivity contribution in [2.45, 2.75) is 0 Å². The quantitative estimate of drug-likeness (QED) is 0.170. The molecule has 2 aromatic heterocycles. The lowest BCUT2D eigenvalue weighted by Crippen LogP contribution is -1.95. The molecule has 0 spiro atoms. The van der Waals surface area contributed by atoms with Crippen LogP contribution in [-0.2, 0) is 0 Å². The second kappa shape index (κ2) is 11.8. The SMILES string of the molecule is c1ccc(-c2nc3ccccc3c3cc4c5ccccc5n(-c5ccc(-c6ccc7cc(-c8ccc9ccccc9c8)ccc7c6)cc5)c4cc23)cc1. The molecule has 0 N–H and O–H groups in total. The molecule has 0 unspecified atom stereocenters. The highest BCUT2D eigenvalue weighted by molar-refractivity contribution is 6.20. The number of hydrogen-bond acceptors (Lipinski definition) is 1. The summed E-state index contributed by atoms with van der Waals surface area (Å²) in [7, 11) is 0. The van der Waals surface area contributed by atoms with Crippen LogP contribution >= 0.6 is 0 Å². The van der Waals surface area contributed by atoms with Crippen LogP contribution in [0.5, 0.6) is 0 Å². The molecule has 53 heavy (non-hydrogen) atoms. The summed E-state index contributed by atoms with van der Waals surface area (Å²) >= 11 is 0. The summed E-state index contributed by atoms with van der Waals surface area (Å²) < 4.78 is 2.41. The van der Waals surface area contributed by atoms with E-state index in [1.807, 2.05) is 0 Å². The van der Waals surface area contributed by atoms with E-state index in [2.05, 4.69) is 199 Å². The number of pyridine rings is 1. The molecule has 2 heterocycles. The molecular weight excluding hydrogens is 641 g/mol. The molecule has 246 valence electrons. The zero-order valence-electron chi connectivity index (χ0n) is 28.9. The Labute approximate surface area is 306 Å². The summed E-state index contributed by atoms with van der Waals surface area (Å²) in [5.41, 5.74) is 11.5. The van der Waals surface area contributed by atoms with Gasteiger partial charge in [0, 0.05) is 32.8 Å². The molecule has 0 aliphatic carbocycles. The normalized spacial score (nSPS) is 11.8. The second-order valence-corrected chi connectivity index (χ2v) is 14.0. The fraction of sp³-hybridized carbons (Fsp3) is 0. The van der Waals surface area contributed by atoms with E-state index < -0.39 is 0 Å². The van der Waals surface area contributed by atoms with Crippen LogP contribution in [0.25, 0.3) is 104 Å². The van der Waals surface area contributed by atoms with Crippen molar-refractivity contribution in [1.29, 1.82) is 0 Å². The number of para-hydroxylation sites is 2. The van der Waals surface area contributed by atoms with Crippen molar-refractivity contribution >= 4 is 65.0 Å². The molecular formula is C51H32N2. The Morgan fingerprint density at radius 3 is 1.62 bits per heavy atom. The Balaban J connectivity index is 1.02. The standard InChI is InChI=1S/C51H32N2/c1-2-11-35(12-3-1)51-47-32-50-46(31-45(47)43-14-6-8-16-48(43)52-51)44-15-7-9-17-49(44)53(50)42-26-24-34(25-27-42)37-20-21-40-30-41(23-22-39(40)29-37)38-19-18-33-10-4-5-13-36(33)28-38/h1-32H. The molecule has 0 aliphatic rings. The van der Waals surface area contributed by atoms with Gasteiger partial charge < -0.3 is 4.57 Å². The number of rotatable bonds is 4. The zero-order valence-corrected chi connectivity index (χ0v) is 28.9. The van der Waals surface area contributed by atoms with Gasteiger partial charge in [0.05, 0.1) is 22.2 Å². The van der Waals surface area contributed by atoms with Gasteiger partial charge in [0.1, 0.15) is 0 Å². The molecule has 0 bridgehead atoms. The molecule has 0 radical (unpaired) electrons. The van der Waals surface area contributed by atoms with Gasteiger partial charge in [-0.15, -0.1) is 0 Å². The molecule has 11 rings (SSSR count). The first kappa shape index (κ1) is 29.7. The van der Waals surface area contributed by atoms with E-state index in [1.54, 1.807) is 0 Å². The summed E-state index contributed by atoms with van der Waals surface area (Å²) in [6.07, 6.45) is 0. The smallest absolute Gasteiger partial charge is 0.0788 e. The average Bonchev–Trinajstić information content (AvgIpc) is 3.55. The van der Waals surface area contributed by atoms with Crippen LogP contribution in [0.4, 0.5) is 0 Å². The van der Waals surface area contributed by atoms with Crippen LogP contribution in [0.1, 0.15) is 0 Å². The molecule has 0 amide bonds. The van der Waals surface area contributed by atoms with Gasteiger partial charge >= 0.3 is 0 Å². The van der Waals surface area contributed by atoms with Gasteiger partial charge in [-0.2, -0.15) is 0 Å². The number of hydrogen-bond donors (Lipinski definition) is 0. The van der Waals surface area contributed by atoms with E-state index in [-0.39, 0.29) is 0 Å². The predicted octanol–water partition coefficient (Wildman–Crippen LogP) is 13.8. The van der Waals surface area contributed by atoms with E-state index in [4.69, 9.17) is 4.98 Å². The van der Waals surface area contributed by atoms with Gasteiger partial charge in [-0.1, -0.05) is 140 Å². The molecule has 2 heteroatoms. The fourth-order valence-electron chi connectivity index (χ4n) is 8.28. The third-order valence-electron chi connectivity index (χ3n) is 10.9. The highest BCUT2D eigenvalue weighted by Gasteiger charge is 2.17. The molecule has 9 aromatic carbocycles. The van der Waals surface area contributed by atoms with Gasteiger partial charge in [-0.05, 0) is 104 Å². The van der Waals surface area contributed by atoms with Crippen LogP contribution in [-0.4, -0.2) is 9.55 Å². The number of nitrogens with zero attached hydrogens (tertiary/aromatic N) is 2. The van der Waals surface area contributed by atoms with E-state index in [1.165, 1.54) is 76.4 Å². The average molecular weight is 673 g/mol. The number of fused-ring (bicyclic) bond motifs is 8. The van der Waals surface area contributed by atoms with Gasteiger partial charge in [0.25, 0.3) is 0 Å². The minimum atomic E-state index is 1.01. The lowest BCUT2D eigenvalue weighted by Gasteiger charge is -2.13. The third-order valence-corrected chi connectivity index (χ3v) is 10.9. The van der Waals surface area contributed by atoms with Crippen LogP contribution in [0.3, 0.4) is 0 Å². The van der Waals surface area contributed by atoms with Crippen LogP contribution in [0.15, 0.2) is 194 Å². The van der Waals surface area contributed by atoms with Crippen molar-refractivity contribution < 1.29 is 0 Å². The van der Waals surface area contributed by atoms with Gasteiger partial charge in [0.15, 0.2) is 0 Å². The van der Waals surface area contributed by atoms with E-state index in [0.29, 0.717) is 0 Å². The zero-order chi connectivity index (χ0) is 34.9. The lowest BCUT2D eigenvalue weighted by molar-refractivity contribution is 1.18. The fourth-order valence-corrected chi connectivity index (χ4v) is 8.28. The Morgan fingerprint density at radius 2 is 0.868 bits per heavy atom. The maximum absolute atomic E-state index is 5.23. The monoisotopic (exact) mass is 672 g/mol. The Morgan fingerprint density at radius 1 is 0.302 bits per heavy atom. The van der Waals surface area contributed by atoms with Gasteiger partial charge in [-0.3, -0.25) is 0 Å². The lowest BCUT2D eigenvalue weighted by atomic mass is 9.96.